The number of nitrogens with one attached hydrogen (secondary N) is 1. The zero-order chi connectivity index (χ0) is 20.8. The summed E-state index contributed by atoms with van der Waals surface area (Å²) >= 11 is 0. The maximum Gasteiger partial charge on any atom is 0.287 e. The molecule has 0 fully saturated rings. The van der Waals surface area contributed by atoms with Gasteiger partial charge in [-0.1, -0.05) is 23.4 Å². The molecular weight excluding hydrogens is 372 g/mol. The summed E-state index contributed by atoms with van der Waals surface area (Å²) in [6.45, 7) is 1.21. The van der Waals surface area contributed by atoms with Crippen molar-refractivity contribution in [2.45, 2.75) is 6.54 Å². The predicted octanol–water partition coefficient (Wildman–Crippen LogP) is 2.40. The lowest BCUT2D eigenvalue weighted by molar-refractivity contribution is 0.0919. The number of para-hydroxylation sites is 1. The van der Waals surface area contributed by atoms with E-state index in [1.165, 1.54) is 0 Å². The Morgan fingerprint density at radius 2 is 1.93 bits per heavy atom. The molecule has 0 spiro atoms. The minimum Gasteiger partial charge on any atom is -0.492 e. The summed E-state index contributed by atoms with van der Waals surface area (Å²) in [6.07, 6.45) is 0. The van der Waals surface area contributed by atoms with Gasteiger partial charge in [0, 0.05) is 23.1 Å². The van der Waals surface area contributed by atoms with Crippen LogP contribution in [0.25, 0.3) is 11.0 Å². The van der Waals surface area contributed by atoms with Crippen molar-refractivity contribution < 1.29 is 19.2 Å². The Balaban J connectivity index is 1.60. The van der Waals surface area contributed by atoms with Crippen LogP contribution in [0.15, 0.2) is 58.1 Å². The monoisotopic (exact) mass is 396 g/mol. The fourth-order valence-corrected chi connectivity index (χ4v) is 2.95. The number of ether oxygens (including phenoxy) is 1. The largest absolute Gasteiger partial charge is 0.492 e. The van der Waals surface area contributed by atoms with Crippen molar-refractivity contribution in [3.63, 3.8) is 0 Å². The summed E-state index contributed by atoms with van der Waals surface area (Å²) < 4.78 is 11.4. The number of carbonyl (C=O) groups is 1. The molecular formula is C21H24N4O4. The summed E-state index contributed by atoms with van der Waals surface area (Å²) in [7, 11) is 3.89. The molecule has 0 aliphatic heterocycles. The summed E-state index contributed by atoms with van der Waals surface area (Å²) in [4.78, 5) is 14.6. The fourth-order valence-electron chi connectivity index (χ4n) is 2.95. The zero-order valence-electron chi connectivity index (χ0n) is 16.4. The number of hydrogen-bond donors (Lipinski definition) is 3. The Kier molecular flexibility index (Phi) is 6.36. The summed E-state index contributed by atoms with van der Waals surface area (Å²) in [5.74, 6) is 0.695. The first-order valence-corrected chi connectivity index (χ1v) is 9.13. The van der Waals surface area contributed by atoms with Gasteiger partial charge in [0.25, 0.3) is 5.91 Å². The minimum absolute atomic E-state index is 0.0307. The highest BCUT2D eigenvalue weighted by Gasteiger charge is 2.20. The molecule has 4 N–H and O–H groups in total. The third kappa shape index (κ3) is 4.85. The van der Waals surface area contributed by atoms with Gasteiger partial charge in [-0.15, -0.1) is 0 Å². The molecule has 1 aromatic heterocycles. The number of furan rings is 1. The van der Waals surface area contributed by atoms with Crippen LogP contribution in [0.4, 0.5) is 0 Å². The SMILES string of the molecule is CN(C)Cc1c(C(=O)NCCOc2ccc(/C(N)=N/O)cc2)oc2ccccc12. The Bertz CT molecular complexity index is 1010. The minimum atomic E-state index is -0.274. The fraction of sp³-hybridized carbons (Fsp3) is 0.238. The number of rotatable bonds is 8. The molecule has 0 saturated carbocycles. The number of fused-ring (bicyclic) bond motifs is 1. The molecule has 3 aromatic rings. The van der Waals surface area contributed by atoms with Crippen LogP contribution in [0.5, 0.6) is 5.75 Å². The number of oxime groups is 1. The first-order valence-electron chi connectivity index (χ1n) is 9.13. The van der Waals surface area contributed by atoms with Crippen LogP contribution < -0.4 is 15.8 Å². The van der Waals surface area contributed by atoms with Gasteiger partial charge in [-0.05, 0) is 44.4 Å². The molecule has 0 atom stereocenters. The molecule has 2 aromatic carbocycles. The highest BCUT2D eigenvalue weighted by atomic mass is 16.5. The lowest BCUT2D eigenvalue weighted by atomic mass is 10.1. The van der Waals surface area contributed by atoms with Crippen molar-refractivity contribution in [1.29, 1.82) is 0 Å². The Hall–Kier alpha value is -3.52. The quantitative estimate of drug-likeness (QED) is 0.177. The standard InChI is InChI=1S/C21H24N4O4/c1-25(2)13-17-16-5-3-4-6-18(16)29-19(17)21(26)23-11-12-28-15-9-7-14(8-10-15)20(22)24-27/h3-10,27H,11-13H2,1-2H3,(H2,22,24)(H,23,26). The average Bonchev–Trinajstić information content (AvgIpc) is 3.09. The van der Waals surface area contributed by atoms with Gasteiger partial charge in [0.2, 0.25) is 0 Å². The highest BCUT2D eigenvalue weighted by Crippen LogP contribution is 2.26. The van der Waals surface area contributed by atoms with Crippen molar-refractivity contribution in [1.82, 2.24) is 10.2 Å². The van der Waals surface area contributed by atoms with E-state index in [-0.39, 0.29) is 18.3 Å². The average molecular weight is 396 g/mol. The van der Waals surface area contributed by atoms with Gasteiger partial charge in [0.05, 0.1) is 6.54 Å². The second kappa shape index (κ2) is 9.11. The molecule has 8 nitrogen and oxygen atoms in total. The molecule has 0 aliphatic carbocycles. The number of hydrogen-bond acceptors (Lipinski definition) is 6. The Morgan fingerprint density at radius 3 is 2.62 bits per heavy atom. The van der Waals surface area contributed by atoms with Crippen molar-refractivity contribution in [2.24, 2.45) is 10.9 Å². The molecule has 1 amide bonds. The van der Waals surface area contributed by atoms with E-state index in [9.17, 15) is 4.79 Å². The van der Waals surface area contributed by atoms with Gasteiger partial charge in [-0.2, -0.15) is 0 Å². The number of amidine groups is 1. The lowest BCUT2D eigenvalue weighted by Crippen LogP contribution is -2.29. The summed E-state index contributed by atoms with van der Waals surface area (Å²) in [6, 6.07) is 14.4. The van der Waals surface area contributed by atoms with E-state index in [2.05, 4.69) is 10.5 Å². The lowest BCUT2D eigenvalue weighted by Gasteiger charge is -2.11. The van der Waals surface area contributed by atoms with Crippen molar-refractivity contribution in [2.75, 3.05) is 27.2 Å². The van der Waals surface area contributed by atoms with Crippen LogP contribution in [-0.2, 0) is 6.54 Å². The van der Waals surface area contributed by atoms with Crippen LogP contribution in [-0.4, -0.2) is 49.1 Å². The molecule has 3 rings (SSSR count). The van der Waals surface area contributed by atoms with Crippen molar-refractivity contribution in [3.8, 4) is 5.75 Å². The molecule has 152 valence electrons. The predicted molar refractivity (Wildman–Crippen MR) is 110 cm³/mol. The third-order valence-corrected chi connectivity index (χ3v) is 4.29. The van der Waals surface area contributed by atoms with Gasteiger partial charge < -0.3 is 30.3 Å². The number of benzene rings is 2. The molecule has 0 bridgehead atoms. The number of nitrogens with two attached hydrogens (primary N) is 1. The second-order valence-corrected chi connectivity index (χ2v) is 6.76. The van der Waals surface area contributed by atoms with E-state index in [1.807, 2.05) is 43.3 Å². The van der Waals surface area contributed by atoms with Crippen molar-refractivity contribution in [3.05, 3.63) is 65.4 Å². The van der Waals surface area contributed by atoms with Gasteiger partial charge >= 0.3 is 0 Å². The zero-order valence-corrected chi connectivity index (χ0v) is 16.4. The first-order chi connectivity index (χ1) is 14.0. The van der Waals surface area contributed by atoms with Gasteiger partial charge in [0.15, 0.2) is 11.6 Å². The summed E-state index contributed by atoms with van der Waals surface area (Å²) in [5.41, 5.74) is 7.67. The van der Waals surface area contributed by atoms with Crippen LogP contribution >= 0.6 is 0 Å². The molecule has 0 radical (unpaired) electrons. The number of carbonyl (C=O) groups excluding carboxylic acids is 1. The van der Waals surface area contributed by atoms with Crippen LogP contribution in [0.3, 0.4) is 0 Å². The van der Waals surface area contributed by atoms with E-state index in [0.29, 0.717) is 35.7 Å². The topological polar surface area (TPSA) is 113 Å². The van der Waals surface area contributed by atoms with Gasteiger partial charge in [-0.25, -0.2) is 0 Å². The van der Waals surface area contributed by atoms with E-state index >= 15 is 0 Å². The molecule has 0 unspecified atom stereocenters. The van der Waals surface area contributed by atoms with E-state index < -0.39 is 0 Å². The van der Waals surface area contributed by atoms with Gasteiger partial charge in [-0.3, -0.25) is 4.79 Å². The molecule has 8 heteroatoms. The Morgan fingerprint density at radius 1 is 1.21 bits per heavy atom. The van der Waals surface area contributed by atoms with Crippen LogP contribution in [0.2, 0.25) is 0 Å². The maximum atomic E-state index is 12.7. The Labute approximate surface area is 168 Å². The first kappa shape index (κ1) is 20.2. The molecule has 1 heterocycles. The van der Waals surface area contributed by atoms with Crippen LogP contribution in [0.1, 0.15) is 21.7 Å². The number of nitrogens with zero attached hydrogens (tertiary/aromatic N) is 2. The normalized spacial score (nSPS) is 11.8. The molecule has 29 heavy (non-hydrogen) atoms. The smallest absolute Gasteiger partial charge is 0.287 e. The van der Waals surface area contributed by atoms with Gasteiger partial charge in [0.1, 0.15) is 17.9 Å². The van der Waals surface area contributed by atoms with Crippen molar-refractivity contribution >= 4 is 22.7 Å². The van der Waals surface area contributed by atoms with Crippen LogP contribution in [0, 0.1) is 0 Å². The maximum absolute atomic E-state index is 12.7. The summed E-state index contributed by atoms with van der Waals surface area (Å²) in [5, 5.41) is 15.4. The third-order valence-electron chi connectivity index (χ3n) is 4.29. The highest BCUT2D eigenvalue weighted by molar-refractivity contribution is 5.99. The second-order valence-electron chi connectivity index (χ2n) is 6.76. The molecule has 0 aliphatic rings. The van der Waals surface area contributed by atoms with E-state index in [4.69, 9.17) is 20.1 Å². The number of amides is 1. The van der Waals surface area contributed by atoms with E-state index in [1.54, 1.807) is 24.3 Å². The van der Waals surface area contributed by atoms with E-state index in [0.717, 1.165) is 10.9 Å². The molecule has 0 saturated heterocycles.